The van der Waals surface area contributed by atoms with Gasteiger partial charge >= 0.3 is 5.97 Å². The number of rotatable bonds is 12. The third-order valence-corrected chi connectivity index (χ3v) is 4.65. The summed E-state index contributed by atoms with van der Waals surface area (Å²) < 4.78 is 4.91. The van der Waals surface area contributed by atoms with Gasteiger partial charge in [-0.2, -0.15) is 0 Å². The molecule has 0 bridgehead atoms. The van der Waals surface area contributed by atoms with Crippen LogP contribution in [0.2, 0.25) is 0 Å². The second-order valence-electron chi connectivity index (χ2n) is 5.86. The van der Waals surface area contributed by atoms with Crippen molar-refractivity contribution in [3.8, 4) is 0 Å². The number of hydrogen-bond donors (Lipinski definition) is 2. The molecule has 0 spiro atoms. The zero-order valence-corrected chi connectivity index (χ0v) is 19.3. The molecular weight excluding hydrogens is 463 g/mol. The van der Waals surface area contributed by atoms with Gasteiger partial charge in [0.15, 0.2) is 5.96 Å². The van der Waals surface area contributed by atoms with Gasteiger partial charge in [-0.3, -0.25) is 9.79 Å². The Bertz CT molecular complexity index is 523. The van der Waals surface area contributed by atoms with E-state index in [1.165, 1.54) is 4.88 Å². The summed E-state index contributed by atoms with van der Waals surface area (Å²) in [5.74, 6) is 0.766. The molecule has 2 N–H and O–H groups in total. The van der Waals surface area contributed by atoms with E-state index in [2.05, 4.69) is 27.5 Å². The highest BCUT2D eigenvalue weighted by molar-refractivity contribution is 14.0. The van der Waals surface area contributed by atoms with Crippen LogP contribution in [-0.4, -0.2) is 43.7 Å². The molecule has 0 fully saturated rings. The minimum atomic E-state index is -0.0769. The Labute approximate surface area is 178 Å². The van der Waals surface area contributed by atoms with Gasteiger partial charge in [0.2, 0.25) is 0 Å². The quantitative estimate of drug-likeness (QED) is 0.152. The summed E-state index contributed by atoms with van der Waals surface area (Å²) in [5.41, 5.74) is 0. The number of ether oxygens (including phenoxy) is 1. The van der Waals surface area contributed by atoms with Gasteiger partial charge < -0.3 is 15.4 Å². The van der Waals surface area contributed by atoms with Crippen LogP contribution < -0.4 is 10.6 Å². The average Bonchev–Trinajstić information content (AvgIpc) is 3.01. The van der Waals surface area contributed by atoms with Crippen LogP contribution in [-0.2, 0) is 16.0 Å². The van der Waals surface area contributed by atoms with Gasteiger partial charge in [0.05, 0.1) is 11.6 Å². The van der Waals surface area contributed by atoms with Gasteiger partial charge in [0.1, 0.15) is 0 Å². The number of carbonyl (C=O) groups is 1. The van der Waals surface area contributed by atoms with Crippen molar-refractivity contribution in [2.75, 3.05) is 26.7 Å². The Morgan fingerprint density at radius 2 is 1.88 bits per heavy atom. The van der Waals surface area contributed by atoms with E-state index >= 15 is 0 Å². The number of aromatic nitrogens is 1. The van der Waals surface area contributed by atoms with Crippen LogP contribution in [0.5, 0.6) is 0 Å². The number of carbonyl (C=O) groups excluding carboxylic acids is 1. The summed E-state index contributed by atoms with van der Waals surface area (Å²) in [6.45, 7) is 6.14. The number of halogens is 1. The monoisotopic (exact) mass is 496 g/mol. The highest BCUT2D eigenvalue weighted by atomic mass is 127. The summed E-state index contributed by atoms with van der Waals surface area (Å²) in [4.78, 5) is 21.1. The molecular formula is C18H33IN4O2S. The molecule has 1 heterocycles. The fraction of sp³-hybridized carbons (Fsp3) is 0.722. The summed E-state index contributed by atoms with van der Waals surface area (Å²) in [6.07, 6.45) is 8.79. The molecule has 0 aromatic carbocycles. The molecule has 8 heteroatoms. The van der Waals surface area contributed by atoms with Crippen molar-refractivity contribution in [1.29, 1.82) is 0 Å². The Balaban J connectivity index is 0.00000625. The molecule has 0 aliphatic rings. The molecule has 0 unspecified atom stereocenters. The number of guanidine groups is 1. The number of hydrogen-bond acceptors (Lipinski definition) is 5. The van der Waals surface area contributed by atoms with Gasteiger partial charge in [0.25, 0.3) is 0 Å². The van der Waals surface area contributed by atoms with E-state index in [1.807, 2.05) is 13.1 Å². The Morgan fingerprint density at radius 3 is 2.54 bits per heavy atom. The highest BCUT2D eigenvalue weighted by Crippen LogP contribution is 2.10. The number of nitrogens with zero attached hydrogens (tertiary/aromatic N) is 2. The number of aliphatic imine (C=N–C) groups is 1. The Morgan fingerprint density at radius 1 is 1.19 bits per heavy atom. The fourth-order valence-corrected chi connectivity index (χ4v) is 3.18. The molecule has 1 rings (SSSR count). The van der Waals surface area contributed by atoms with E-state index < -0.39 is 0 Å². The third kappa shape index (κ3) is 12.5. The SMILES string of the molecule is CCOC(=O)CCCCCCCNC(=NC)NCCc1ncc(C)s1.I. The molecule has 0 saturated heterocycles. The number of esters is 1. The van der Waals surface area contributed by atoms with Crippen molar-refractivity contribution in [3.05, 3.63) is 16.1 Å². The van der Waals surface area contributed by atoms with Crippen LogP contribution in [0.4, 0.5) is 0 Å². The van der Waals surface area contributed by atoms with Crippen LogP contribution in [0.15, 0.2) is 11.2 Å². The molecule has 6 nitrogen and oxygen atoms in total. The second-order valence-corrected chi connectivity index (χ2v) is 7.18. The van der Waals surface area contributed by atoms with Crippen molar-refractivity contribution in [3.63, 3.8) is 0 Å². The summed E-state index contributed by atoms with van der Waals surface area (Å²) in [5, 5.41) is 7.81. The van der Waals surface area contributed by atoms with Crippen LogP contribution in [0, 0.1) is 6.92 Å². The van der Waals surface area contributed by atoms with E-state index in [1.54, 1.807) is 18.4 Å². The third-order valence-electron chi connectivity index (χ3n) is 3.68. The standard InChI is InChI=1S/C18H32N4O2S.HI/c1-4-24-17(23)10-8-6-5-7-9-12-20-18(19-3)21-13-11-16-22-14-15(2)25-16;/h14H,4-13H2,1-3H3,(H2,19,20,21);1H. The number of aryl methyl sites for hydroxylation is 1. The van der Waals surface area contributed by atoms with E-state index in [0.717, 1.165) is 62.6 Å². The van der Waals surface area contributed by atoms with Gasteiger partial charge in [-0.1, -0.05) is 19.3 Å². The van der Waals surface area contributed by atoms with Crippen molar-refractivity contribution < 1.29 is 9.53 Å². The van der Waals surface area contributed by atoms with E-state index in [-0.39, 0.29) is 29.9 Å². The fourth-order valence-electron chi connectivity index (χ4n) is 2.39. The molecule has 0 radical (unpaired) electrons. The van der Waals surface area contributed by atoms with E-state index in [0.29, 0.717) is 13.0 Å². The van der Waals surface area contributed by atoms with E-state index in [9.17, 15) is 4.79 Å². The normalized spacial score (nSPS) is 11.0. The smallest absolute Gasteiger partial charge is 0.305 e. The molecule has 0 amide bonds. The van der Waals surface area contributed by atoms with Crippen LogP contribution in [0.1, 0.15) is 55.3 Å². The summed E-state index contributed by atoms with van der Waals surface area (Å²) in [6, 6.07) is 0. The maximum atomic E-state index is 11.2. The van der Waals surface area contributed by atoms with Gasteiger partial charge in [-0.25, -0.2) is 4.98 Å². The number of unbranched alkanes of at least 4 members (excludes halogenated alkanes) is 4. The zero-order valence-electron chi connectivity index (χ0n) is 16.2. The molecule has 0 aliphatic carbocycles. The average molecular weight is 496 g/mol. The molecule has 0 aliphatic heterocycles. The molecule has 26 heavy (non-hydrogen) atoms. The second kappa shape index (κ2) is 16.3. The van der Waals surface area contributed by atoms with Crippen molar-refractivity contribution in [2.45, 2.75) is 58.8 Å². The lowest BCUT2D eigenvalue weighted by molar-refractivity contribution is -0.143. The van der Waals surface area contributed by atoms with Crippen molar-refractivity contribution in [1.82, 2.24) is 15.6 Å². The maximum absolute atomic E-state index is 11.2. The largest absolute Gasteiger partial charge is 0.466 e. The number of nitrogens with one attached hydrogen (secondary N) is 2. The highest BCUT2D eigenvalue weighted by Gasteiger charge is 2.02. The Hall–Kier alpha value is -0.900. The van der Waals surface area contributed by atoms with Crippen LogP contribution in [0.3, 0.4) is 0 Å². The molecule has 0 atom stereocenters. The lowest BCUT2D eigenvalue weighted by atomic mass is 10.1. The van der Waals surface area contributed by atoms with Gasteiger partial charge in [-0.15, -0.1) is 35.3 Å². The maximum Gasteiger partial charge on any atom is 0.305 e. The molecule has 150 valence electrons. The first-order valence-corrected chi connectivity index (χ1v) is 9.98. The van der Waals surface area contributed by atoms with Crippen molar-refractivity contribution in [2.24, 2.45) is 4.99 Å². The predicted molar refractivity (Wildman–Crippen MR) is 120 cm³/mol. The summed E-state index contributed by atoms with van der Waals surface area (Å²) >= 11 is 1.74. The first kappa shape index (κ1) is 25.1. The minimum absolute atomic E-state index is 0. The van der Waals surface area contributed by atoms with Crippen LogP contribution in [0.25, 0.3) is 0 Å². The number of thiazole rings is 1. The first-order valence-electron chi connectivity index (χ1n) is 9.17. The lowest BCUT2D eigenvalue weighted by Gasteiger charge is -2.11. The van der Waals surface area contributed by atoms with Gasteiger partial charge in [0, 0.05) is 44.1 Å². The first-order chi connectivity index (χ1) is 12.2. The predicted octanol–water partition coefficient (Wildman–Crippen LogP) is 3.68. The minimum Gasteiger partial charge on any atom is -0.466 e. The topological polar surface area (TPSA) is 75.6 Å². The van der Waals surface area contributed by atoms with E-state index in [4.69, 9.17) is 4.74 Å². The lowest BCUT2D eigenvalue weighted by Crippen LogP contribution is -2.38. The summed E-state index contributed by atoms with van der Waals surface area (Å²) in [7, 11) is 1.79. The molecule has 0 saturated carbocycles. The zero-order chi connectivity index (χ0) is 18.3. The Kier molecular flexibility index (Phi) is 15.7. The molecule has 1 aromatic heterocycles. The van der Waals surface area contributed by atoms with Gasteiger partial charge in [-0.05, 0) is 26.7 Å². The van der Waals surface area contributed by atoms with Crippen LogP contribution >= 0.6 is 35.3 Å². The van der Waals surface area contributed by atoms with Crippen molar-refractivity contribution >= 4 is 47.2 Å². The molecule has 1 aromatic rings.